The molecule has 0 radical (unpaired) electrons. The van der Waals surface area contributed by atoms with E-state index < -0.39 is 6.09 Å². The summed E-state index contributed by atoms with van der Waals surface area (Å²) in [4.78, 5) is 10.3. The molecule has 4 nitrogen and oxygen atoms in total. The van der Waals surface area contributed by atoms with Gasteiger partial charge < -0.3 is 15.7 Å². The maximum absolute atomic E-state index is 10.3. The van der Waals surface area contributed by atoms with Crippen molar-refractivity contribution in [3.05, 3.63) is 0 Å². The number of hydrogen-bond acceptors (Lipinski definition) is 2. The van der Waals surface area contributed by atoms with Crippen molar-refractivity contribution in [1.29, 1.82) is 0 Å². The summed E-state index contributed by atoms with van der Waals surface area (Å²) in [6.45, 7) is 3.89. The molecule has 0 aromatic heterocycles. The van der Waals surface area contributed by atoms with E-state index in [-0.39, 0.29) is 6.04 Å². The minimum atomic E-state index is -0.913. The third-order valence-corrected chi connectivity index (χ3v) is 2.13. The summed E-state index contributed by atoms with van der Waals surface area (Å²) in [5, 5.41) is 14.1. The molecule has 1 aliphatic rings. The van der Waals surface area contributed by atoms with Gasteiger partial charge in [-0.3, -0.25) is 0 Å². The molecule has 0 aliphatic carbocycles. The number of carbonyl (C=O) groups is 1. The van der Waals surface area contributed by atoms with Gasteiger partial charge in [-0.1, -0.05) is 6.92 Å². The van der Waals surface area contributed by atoms with Gasteiger partial charge in [-0.2, -0.15) is 0 Å². The van der Waals surface area contributed by atoms with Crippen molar-refractivity contribution in [2.75, 3.05) is 13.1 Å². The van der Waals surface area contributed by atoms with E-state index >= 15 is 0 Å². The summed E-state index contributed by atoms with van der Waals surface area (Å²) in [6, 6.07) is 0.133. The Hall–Kier alpha value is -0.770. The van der Waals surface area contributed by atoms with Gasteiger partial charge >= 0.3 is 6.09 Å². The predicted octanol–water partition coefficient (Wildman–Crippen LogP) is 0.252. The third kappa shape index (κ3) is 2.08. The van der Waals surface area contributed by atoms with E-state index in [0.29, 0.717) is 5.92 Å². The first-order chi connectivity index (χ1) is 5.24. The summed E-state index contributed by atoms with van der Waals surface area (Å²) < 4.78 is 0. The second-order valence-electron chi connectivity index (χ2n) is 2.88. The van der Waals surface area contributed by atoms with E-state index in [4.69, 9.17) is 5.11 Å². The molecule has 1 heterocycles. The molecule has 4 heteroatoms. The molecule has 11 heavy (non-hydrogen) atoms. The van der Waals surface area contributed by atoms with Gasteiger partial charge in [0.1, 0.15) is 0 Å². The van der Waals surface area contributed by atoms with Gasteiger partial charge in [-0.25, -0.2) is 4.79 Å². The van der Waals surface area contributed by atoms with Crippen molar-refractivity contribution in [3.8, 4) is 0 Å². The standard InChI is InChI=1S/C7H14N2O2/c1-2-6(9-7(10)11)5-3-8-4-5/h5-6,8-9H,2-4H2,1H3,(H,10,11). The first kappa shape index (κ1) is 8.33. The lowest BCUT2D eigenvalue weighted by Crippen LogP contribution is -2.54. The first-order valence-corrected chi connectivity index (χ1v) is 3.94. The Kier molecular flexibility index (Phi) is 2.70. The molecule has 1 amide bonds. The lowest BCUT2D eigenvalue weighted by atomic mass is 9.92. The highest BCUT2D eigenvalue weighted by Gasteiger charge is 2.26. The zero-order chi connectivity index (χ0) is 8.27. The summed E-state index contributed by atoms with van der Waals surface area (Å²) in [5.41, 5.74) is 0. The molecule has 0 aromatic carbocycles. The van der Waals surface area contributed by atoms with E-state index in [2.05, 4.69) is 10.6 Å². The zero-order valence-corrected chi connectivity index (χ0v) is 6.63. The van der Waals surface area contributed by atoms with E-state index in [1.54, 1.807) is 0 Å². The van der Waals surface area contributed by atoms with Gasteiger partial charge in [-0.05, 0) is 6.42 Å². The largest absolute Gasteiger partial charge is 0.465 e. The summed E-state index contributed by atoms with van der Waals surface area (Å²) >= 11 is 0. The maximum Gasteiger partial charge on any atom is 0.404 e. The van der Waals surface area contributed by atoms with Crippen LogP contribution in [0.2, 0.25) is 0 Å². The predicted molar refractivity (Wildman–Crippen MR) is 41.6 cm³/mol. The fourth-order valence-corrected chi connectivity index (χ4v) is 1.31. The van der Waals surface area contributed by atoms with E-state index in [1.807, 2.05) is 6.92 Å². The SMILES string of the molecule is CCC(NC(=O)O)C1CNC1. The highest BCUT2D eigenvalue weighted by Crippen LogP contribution is 2.11. The van der Waals surface area contributed by atoms with Crippen LogP contribution in [-0.2, 0) is 0 Å². The molecule has 0 bridgehead atoms. The van der Waals surface area contributed by atoms with Crippen molar-refractivity contribution in [3.63, 3.8) is 0 Å². The maximum atomic E-state index is 10.3. The van der Waals surface area contributed by atoms with Crippen LogP contribution in [0, 0.1) is 5.92 Å². The molecule has 0 aromatic rings. The molecular weight excluding hydrogens is 144 g/mol. The quantitative estimate of drug-likeness (QED) is 0.552. The molecule has 1 rings (SSSR count). The second kappa shape index (κ2) is 3.57. The van der Waals surface area contributed by atoms with Crippen LogP contribution < -0.4 is 10.6 Å². The van der Waals surface area contributed by atoms with Crippen LogP contribution in [0.5, 0.6) is 0 Å². The normalized spacial score (nSPS) is 20.5. The molecule has 1 saturated heterocycles. The minimum Gasteiger partial charge on any atom is -0.465 e. The van der Waals surface area contributed by atoms with Crippen LogP contribution >= 0.6 is 0 Å². The average Bonchev–Trinajstić information content (AvgIpc) is 1.81. The Morgan fingerprint density at radius 1 is 1.82 bits per heavy atom. The lowest BCUT2D eigenvalue weighted by molar-refractivity contribution is 0.175. The Morgan fingerprint density at radius 3 is 2.73 bits per heavy atom. The molecule has 64 valence electrons. The second-order valence-corrected chi connectivity index (χ2v) is 2.88. The van der Waals surface area contributed by atoms with Crippen molar-refractivity contribution in [2.45, 2.75) is 19.4 Å². The van der Waals surface area contributed by atoms with Crippen molar-refractivity contribution in [2.24, 2.45) is 5.92 Å². The van der Waals surface area contributed by atoms with Gasteiger partial charge in [0.2, 0.25) is 0 Å². The summed E-state index contributed by atoms with van der Waals surface area (Å²) in [5.74, 6) is 0.496. The van der Waals surface area contributed by atoms with Gasteiger partial charge in [-0.15, -0.1) is 0 Å². The summed E-state index contributed by atoms with van der Waals surface area (Å²) in [7, 11) is 0. The number of rotatable bonds is 3. The van der Waals surface area contributed by atoms with Gasteiger partial charge in [0.25, 0.3) is 0 Å². The minimum absolute atomic E-state index is 0.133. The van der Waals surface area contributed by atoms with E-state index in [1.165, 1.54) is 0 Å². The third-order valence-electron chi connectivity index (χ3n) is 2.13. The topological polar surface area (TPSA) is 61.4 Å². The summed E-state index contributed by atoms with van der Waals surface area (Å²) in [6.07, 6.45) is -0.0395. The Morgan fingerprint density at radius 2 is 2.45 bits per heavy atom. The molecule has 0 saturated carbocycles. The van der Waals surface area contributed by atoms with Crippen LogP contribution in [0.3, 0.4) is 0 Å². The van der Waals surface area contributed by atoms with Gasteiger partial charge in [0, 0.05) is 25.0 Å². The Bertz CT molecular complexity index is 145. The highest BCUT2D eigenvalue weighted by atomic mass is 16.4. The fraction of sp³-hybridized carbons (Fsp3) is 0.857. The number of amides is 1. The van der Waals surface area contributed by atoms with E-state index in [0.717, 1.165) is 19.5 Å². The Balaban J connectivity index is 2.29. The highest BCUT2D eigenvalue weighted by molar-refractivity contribution is 5.64. The zero-order valence-electron chi connectivity index (χ0n) is 6.63. The van der Waals surface area contributed by atoms with Crippen molar-refractivity contribution < 1.29 is 9.90 Å². The van der Waals surface area contributed by atoms with E-state index in [9.17, 15) is 4.79 Å². The molecular formula is C7H14N2O2. The van der Waals surface area contributed by atoms with Crippen LogP contribution in [0.1, 0.15) is 13.3 Å². The molecule has 1 unspecified atom stereocenters. The first-order valence-electron chi connectivity index (χ1n) is 3.94. The van der Waals surface area contributed by atoms with Crippen LogP contribution in [-0.4, -0.2) is 30.3 Å². The van der Waals surface area contributed by atoms with Gasteiger partial charge in [0.05, 0.1) is 0 Å². The Labute approximate surface area is 66.0 Å². The van der Waals surface area contributed by atoms with Crippen molar-refractivity contribution >= 4 is 6.09 Å². The fourth-order valence-electron chi connectivity index (χ4n) is 1.31. The van der Waals surface area contributed by atoms with Crippen molar-refractivity contribution in [1.82, 2.24) is 10.6 Å². The molecule has 3 N–H and O–H groups in total. The smallest absolute Gasteiger partial charge is 0.404 e. The van der Waals surface area contributed by atoms with Crippen LogP contribution in [0.4, 0.5) is 4.79 Å². The lowest BCUT2D eigenvalue weighted by Gasteiger charge is -2.33. The molecule has 1 atom stereocenters. The monoisotopic (exact) mass is 158 g/mol. The van der Waals surface area contributed by atoms with Gasteiger partial charge in [0.15, 0.2) is 0 Å². The molecule has 1 aliphatic heterocycles. The van der Waals surface area contributed by atoms with Crippen LogP contribution in [0.25, 0.3) is 0 Å². The molecule has 0 spiro atoms. The van der Waals surface area contributed by atoms with Crippen LogP contribution in [0.15, 0.2) is 0 Å². The average molecular weight is 158 g/mol. The number of hydrogen-bond donors (Lipinski definition) is 3. The number of nitrogens with one attached hydrogen (secondary N) is 2. The number of carboxylic acid groups (broad SMARTS) is 1. The molecule has 1 fully saturated rings.